The number of allylic oxidation sites excluding steroid dienone is 1. The summed E-state index contributed by atoms with van der Waals surface area (Å²) in [4.78, 5) is -0.724. The third-order valence-corrected chi connectivity index (χ3v) is 6.16. The monoisotopic (exact) mass is 491 g/mol. The Balaban J connectivity index is 2.59. The number of sulfone groups is 1. The van der Waals surface area contributed by atoms with E-state index in [4.69, 9.17) is 0 Å². The highest BCUT2D eigenvalue weighted by molar-refractivity contribution is 9.11. The van der Waals surface area contributed by atoms with Gasteiger partial charge in [-0.2, -0.15) is 14.0 Å². The minimum Gasteiger partial charge on any atom is -0.434 e. The van der Waals surface area contributed by atoms with Crippen LogP contribution in [-0.2, 0) is 9.84 Å². The number of para-hydroxylation sites is 1. The molecule has 0 saturated heterocycles. The smallest absolute Gasteiger partial charge is 0.387 e. The maximum Gasteiger partial charge on any atom is 0.387 e. The molecule has 2 rings (SSSR count). The van der Waals surface area contributed by atoms with Gasteiger partial charge in [0.05, 0.1) is 4.90 Å². The first-order chi connectivity index (χ1) is 11.8. The van der Waals surface area contributed by atoms with Crippen LogP contribution in [0.1, 0.15) is 5.56 Å². The average molecular weight is 493 g/mol. The molecule has 0 radical (unpaired) electrons. The van der Waals surface area contributed by atoms with E-state index in [1.54, 1.807) is 12.1 Å². The Morgan fingerprint density at radius 3 is 2.52 bits per heavy atom. The van der Waals surface area contributed by atoms with Crippen LogP contribution in [0.25, 0.3) is 6.08 Å². The fourth-order valence-corrected chi connectivity index (χ4v) is 4.56. The molecule has 9 heteroatoms. The first-order valence-corrected chi connectivity index (χ1v) is 9.68. The van der Waals surface area contributed by atoms with Gasteiger partial charge in [0.1, 0.15) is 16.7 Å². The van der Waals surface area contributed by atoms with Gasteiger partial charge < -0.3 is 4.74 Å². The second-order valence-corrected chi connectivity index (χ2v) is 8.27. The highest BCUT2D eigenvalue weighted by Crippen LogP contribution is 2.32. The lowest BCUT2D eigenvalue weighted by molar-refractivity contribution is -0.0499. The summed E-state index contributed by atoms with van der Waals surface area (Å²) in [5.41, 5.74) is 0.0500. The van der Waals surface area contributed by atoms with E-state index in [-0.39, 0.29) is 20.7 Å². The van der Waals surface area contributed by atoms with Gasteiger partial charge in [0, 0.05) is 14.5 Å². The van der Waals surface area contributed by atoms with Crippen molar-refractivity contribution < 1.29 is 21.9 Å². The number of nitriles is 1. The molecule has 0 unspecified atom stereocenters. The lowest BCUT2D eigenvalue weighted by atomic mass is 10.2. The Labute approximate surface area is 159 Å². The molecule has 25 heavy (non-hydrogen) atoms. The van der Waals surface area contributed by atoms with E-state index in [1.165, 1.54) is 36.4 Å². The van der Waals surface area contributed by atoms with E-state index in [9.17, 15) is 22.5 Å². The van der Waals surface area contributed by atoms with Crippen LogP contribution in [-0.4, -0.2) is 15.0 Å². The van der Waals surface area contributed by atoms with Crippen molar-refractivity contribution in [1.82, 2.24) is 0 Å². The van der Waals surface area contributed by atoms with Crippen LogP contribution in [0.2, 0.25) is 0 Å². The molecule has 2 aromatic rings. The molecule has 0 saturated carbocycles. The number of benzene rings is 2. The van der Waals surface area contributed by atoms with Crippen molar-refractivity contribution in [2.45, 2.75) is 11.5 Å². The van der Waals surface area contributed by atoms with E-state index in [2.05, 4.69) is 36.6 Å². The zero-order valence-corrected chi connectivity index (χ0v) is 16.3. The standard InChI is InChI=1S/C16H9Br2F2NO3S/c17-11-5-6-13(18)15(8-11)25(22,23)12(9-21)7-10-3-1-2-4-14(10)24-16(19)20/h1-8,16H/b12-7-. The van der Waals surface area contributed by atoms with Crippen LogP contribution in [0, 0.1) is 11.3 Å². The predicted molar refractivity (Wildman–Crippen MR) is 95.7 cm³/mol. The Kier molecular flexibility index (Phi) is 6.32. The lowest BCUT2D eigenvalue weighted by Gasteiger charge is -2.09. The SMILES string of the molecule is N#C/C(=C/c1ccccc1OC(F)F)S(=O)(=O)c1cc(Br)ccc1Br. The van der Waals surface area contributed by atoms with Crippen molar-refractivity contribution in [2.24, 2.45) is 0 Å². The second kappa shape index (κ2) is 8.08. The van der Waals surface area contributed by atoms with Crippen LogP contribution in [0.4, 0.5) is 8.78 Å². The van der Waals surface area contributed by atoms with E-state index >= 15 is 0 Å². The summed E-state index contributed by atoms with van der Waals surface area (Å²) in [6.45, 7) is -3.07. The molecule has 0 bridgehead atoms. The van der Waals surface area contributed by atoms with Crippen molar-refractivity contribution in [2.75, 3.05) is 0 Å². The number of alkyl halides is 2. The van der Waals surface area contributed by atoms with Gasteiger partial charge in [0.2, 0.25) is 9.84 Å². The van der Waals surface area contributed by atoms with E-state index in [0.29, 0.717) is 4.47 Å². The quantitative estimate of drug-likeness (QED) is 0.541. The molecule has 0 spiro atoms. The van der Waals surface area contributed by atoms with Crippen LogP contribution < -0.4 is 4.74 Å². The summed E-state index contributed by atoms with van der Waals surface area (Å²) in [5, 5.41) is 9.30. The second-order valence-electron chi connectivity index (χ2n) is 4.61. The molecule has 0 amide bonds. The molecule has 0 aliphatic rings. The van der Waals surface area contributed by atoms with E-state index < -0.39 is 21.4 Å². The van der Waals surface area contributed by atoms with Crippen molar-refractivity contribution in [3.05, 3.63) is 61.9 Å². The molecule has 0 fully saturated rings. The molecule has 0 aromatic heterocycles. The summed E-state index contributed by atoms with van der Waals surface area (Å²) in [7, 11) is -4.17. The predicted octanol–water partition coefficient (Wildman–Crippen LogP) is 5.15. The fraction of sp³-hybridized carbons (Fsp3) is 0.0625. The van der Waals surface area contributed by atoms with E-state index in [1.807, 2.05) is 0 Å². The Bertz CT molecular complexity index is 970. The number of hydrogen-bond donors (Lipinski definition) is 0. The van der Waals surface area contributed by atoms with Gasteiger partial charge in [-0.1, -0.05) is 34.1 Å². The fourth-order valence-electron chi connectivity index (χ4n) is 1.92. The van der Waals surface area contributed by atoms with Crippen LogP contribution >= 0.6 is 31.9 Å². The maximum absolute atomic E-state index is 12.7. The molecule has 130 valence electrons. The zero-order chi connectivity index (χ0) is 18.6. The Morgan fingerprint density at radius 1 is 1.20 bits per heavy atom. The highest BCUT2D eigenvalue weighted by Gasteiger charge is 2.24. The molecule has 4 nitrogen and oxygen atoms in total. The summed E-state index contributed by atoms with van der Waals surface area (Å²) in [5.74, 6) is -0.228. The summed E-state index contributed by atoms with van der Waals surface area (Å²) in [6, 6.07) is 11.7. The van der Waals surface area contributed by atoms with Gasteiger partial charge in [-0.15, -0.1) is 0 Å². The zero-order valence-electron chi connectivity index (χ0n) is 12.3. The van der Waals surface area contributed by atoms with Crippen LogP contribution in [0.3, 0.4) is 0 Å². The first kappa shape index (κ1) is 19.6. The summed E-state index contributed by atoms with van der Waals surface area (Å²) >= 11 is 6.31. The number of rotatable bonds is 5. The highest BCUT2D eigenvalue weighted by atomic mass is 79.9. The molecule has 2 aromatic carbocycles. The minimum absolute atomic E-state index is 0.0500. The molecular weight excluding hydrogens is 484 g/mol. The molecule has 0 aliphatic carbocycles. The number of halogens is 4. The van der Waals surface area contributed by atoms with Gasteiger partial charge in [-0.05, 0) is 46.3 Å². The topological polar surface area (TPSA) is 67.2 Å². The third-order valence-electron chi connectivity index (χ3n) is 3.00. The van der Waals surface area contributed by atoms with Crippen molar-refractivity contribution >= 4 is 47.8 Å². The Hall–Kier alpha value is -1.76. The Morgan fingerprint density at radius 2 is 1.88 bits per heavy atom. The van der Waals surface area contributed by atoms with Crippen LogP contribution in [0.5, 0.6) is 5.75 Å². The molecular formula is C16H9Br2F2NO3S. The normalized spacial score (nSPS) is 12.1. The molecule has 0 N–H and O–H groups in total. The lowest BCUT2D eigenvalue weighted by Crippen LogP contribution is -2.06. The first-order valence-electron chi connectivity index (χ1n) is 6.61. The van der Waals surface area contributed by atoms with E-state index in [0.717, 1.165) is 6.08 Å². The largest absolute Gasteiger partial charge is 0.434 e. The van der Waals surface area contributed by atoms with Crippen molar-refractivity contribution in [3.8, 4) is 11.8 Å². The number of ether oxygens (including phenoxy) is 1. The van der Waals surface area contributed by atoms with Gasteiger partial charge in [0.25, 0.3) is 0 Å². The molecule has 0 atom stereocenters. The number of hydrogen-bond acceptors (Lipinski definition) is 4. The summed E-state index contributed by atoms with van der Waals surface area (Å²) in [6.07, 6.45) is 1.00. The van der Waals surface area contributed by atoms with Crippen molar-refractivity contribution in [3.63, 3.8) is 0 Å². The van der Waals surface area contributed by atoms with Gasteiger partial charge >= 0.3 is 6.61 Å². The maximum atomic E-state index is 12.7. The van der Waals surface area contributed by atoms with Crippen molar-refractivity contribution in [1.29, 1.82) is 5.26 Å². The number of nitrogens with zero attached hydrogens (tertiary/aromatic N) is 1. The third kappa shape index (κ3) is 4.66. The van der Waals surface area contributed by atoms with Gasteiger partial charge in [-0.3, -0.25) is 0 Å². The molecule has 0 heterocycles. The molecule has 0 aliphatic heterocycles. The average Bonchev–Trinajstić information content (AvgIpc) is 2.55. The summed E-state index contributed by atoms with van der Waals surface area (Å²) < 4.78 is 55.6. The van der Waals surface area contributed by atoms with Crippen LogP contribution in [0.15, 0.2) is 61.2 Å². The van der Waals surface area contributed by atoms with Gasteiger partial charge in [-0.25, -0.2) is 8.42 Å². The van der Waals surface area contributed by atoms with Gasteiger partial charge in [0.15, 0.2) is 0 Å². The minimum atomic E-state index is -4.17.